The highest BCUT2D eigenvalue weighted by atomic mass is 35.5. The zero-order chi connectivity index (χ0) is 11.5. The van der Waals surface area contributed by atoms with E-state index in [0.29, 0.717) is 5.02 Å². The molecular weight excluding hydrogens is 236 g/mol. The molecule has 0 aliphatic rings. The number of benzene rings is 1. The smallest absolute Gasteiger partial charge is 0.193 e. The maximum absolute atomic E-state index is 11.7. The van der Waals surface area contributed by atoms with E-state index in [-0.39, 0.29) is 16.4 Å². The minimum absolute atomic E-state index is 0.0236. The molecule has 1 rings (SSSR count). The summed E-state index contributed by atoms with van der Waals surface area (Å²) in [4.78, 5) is 0.0236. The standard InChI is InChI=1S/C10H9ClO3S/c1-3-6-15(12,13)10-7-8(11)4-5-9(10)14-2/h1,4-5,7H,6H2,2H3. The SMILES string of the molecule is C#CCS(=O)(=O)c1cc(Cl)ccc1OC. The number of hydrogen-bond acceptors (Lipinski definition) is 3. The van der Waals surface area contributed by atoms with E-state index >= 15 is 0 Å². The van der Waals surface area contributed by atoms with Gasteiger partial charge in [0.2, 0.25) is 0 Å². The minimum atomic E-state index is -3.52. The lowest BCUT2D eigenvalue weighted by atomic mass is 10.3. The predicted molar refractivity (Wildman–Crippen MR) is 58.9 cm³/mol. The first-order chi connectivity index (χ1) is 7.01. The van der Waals surface area contributed by atoms with Gasteiger partial charge in [-0.3, -0.25) is 0 Å². The van der Waals surface area contributed by atoms with Gasteiger partial charge >= 0.3 is 0 Å². The van der Waals surface area contributed by atoms with Crippen molar-refractivity contribution < 1.29 is 13.2 Å². The Kier molecular flexibility index (Phi) is 3.61. The lowest BCUT2D eigenvalue weighted by Gasteiger charge is -2.07. The molecule has 0 heterocycles. The molecule has 1 aromatic carbocycles. The third-order valence-electron chi connectivity index (χ3n) is 1.73. The van der Waals surface area contributed by atoms with Crippen molar-refractivity contribution in [3.05, 3.63) is 23.2 Å². The van der Waals surface area contributed by atoms with E-state index in [1.807, 2.05) is 0 Å². The maximum atomic E-state index is 11.7. The average molecular weight is 245 g/mol. The Balaban J connectivity index is 3.36. The van der Waals surface area contributed by atoms with Gasteiger partial charge in [0.05, 0.1) is 7.11 Å². The van der Waals surface area contributed by atoms with Crippen molar-refractivity contribution in [3.8, 4) is 18.1 Å². The lowest BCUT2D eigenvalue weighted by molar-refractivity contribution is 0.403. The predicted octanol–water partition coefficient (Wildman–Crippen LogP) is 1.76. The molecule has 15 heavy (non-hydrogen) atoms. The highest BCUT2D eigenvalue weighted by Gasteiger charge is 2.18. The summed E-state index contributed by atoms with van der Waals surface area (Å²) < 4.78 is 28.3. The Hall–Kier alpha value is -1.18. The van der Waals surface area contributed by atoms with E-state index in [1.165, 1.54) is 19.2 Å². The van der Waals surface area contributed by atoms with E-state index in [1.54, 1.807) is 6.07 Å². The van der Waals surface area contributed by atoms with Gasteiger partial charge in [0.25, 0.3) is 0 Å². The molecule has 0 aromatic heterocycles. The first-order valence-electron chi connectivity index (χ1n) is 4.01. The second-order valence-electron chi connectivity index (χ2n) is 2.76. The molecule has 0 fully saturated rings. The van der Waals surface area contributed by atoms with Gasteiger partial charge in [0.1, 0.15) is 16.4 Å². The minimum Gasteiger partial charge on any atom is -0.495 e. The van der Waals surface area contributed by atoms with Crippen molar-refractivity contribution in [3.63, 3.8) is 0 Å². The summed E-state index contributed by atoms with van der Waals surface area (Å²) in [6.07, 6.45) is 4.98. The normalized spacial score (nSPS) is 10.7. The van der Waals surface area contributed by atoms with Crippen LogP contribution in [0.5, 0.6) is 5.75 Å². The number of hydrogen-bond donors (Lipinski definition) is 0. The highest BCUT2D eigenvalue weighted by molar-refractivity contribution is 7.91. The zero-order valence-electron chi connectivity index (χ0n) is 8.03. The largest absolute Gasteiger partial charge is 0.495 e. The summed E-state index contributed by atoms with van der Waals surface area (Å²) in [5.74, 6) is 1.96. The van der Waals surface area contributed by atoms with Crippen LogP contribution < -0.4 is 4.74 Å². The fourth-order valence-electron chi connectivity index (χ4n) is 1.08. The van der Waals surface area contributed by atoms with Gasteiger partial charge in [-0.1, -0.05) is 17.5 Å². The molecule has 0 saturated heterocycles. The molecule has 5 heteroatoms. The van der Waals surface area contributed by atoms with E-state index in [4.69, 9.17) is 22.8 Å². The molecule has 0 N–H and O–H groups in total. The Bertz CT molecular complexity index is 500. The molecule has 0 aliphatic heterocycles. The van der Waals surface area contributed by atoms with Crippen LogP contribution in [-0.2, 0) is 9.84 Å². The maximum Gasteiger partial charge on any atom is 0.193 e. The van der Waals surface area contributed by atoms with Gasteiger partial charge in [0.15, 0.2) is 9.84 Å². The molecule has 0 unspecified atom stereocenters. The van der Waals surface area contributed by atoms with Crippen molar-refractivity contribution in [2.45, 2.75) is 4.90 Å². The fourth-order valence-corrected chi connectivity index (χ4v) is 2.46. The van der Waals surface area contributed by atoms with Gasteiger partial charge in [-0.05, 0) is 18.2 Å². The number of rotatable bonds is 3. The lowest BCUT2D eigenvalue weighted by Crippen LogP contribution is -2.06. The Morgan fingerprint density at radius 1 is 1.53 bits per heavy atom. The second kappa shape index (κ2) is 4.56. The number of halogens is 1. The summed E-state index contributed by atoms with van der Waals surface area (Å²) in [6.45, 7) is 0. The van der Waals surface area contributed by atoms with Crippen LogP contribution in [0.2, 0.25) is 5.02 Å². The zero-order valence-corrected chi connectivity index (χ0v) is 9.60. The molecule has 3 nitrogen and oxygen atoms in total. The Morgan fingerprint density at radius 3 is 2.73 bits per heavy atom. The number of ether oxygens (including phenoxy) is 1. The van der Waals surface area contributed by atoms with E-state index in [9.17, 15) is 8.42 Å². The molecule has 0 radical (unpaired) electrons. The van der Waals surface area contributed by atoms with E-state index in [0.717, 1.165) is 0 Å². The van der Waals surface area contributed by atoms with Crippen LogP contribution in [-0.4, -0.2) is 21.3 Å². The van der Waals surface area contributed by atoms with Crippen LogP contribution >= 0.6 is 11.6 Å². The average Bonchev–Trinajstić information content (AvgIpc) is 2.17. The second-order valence-corrected chi connectivity index (χ2v) is 5.15. The fraction of sp³-hybridized carbons (Fsp3) is 0.200. The van der Waals surface area contributed by atoms with Gasteiger partial charge in [-0.2, -0.15) is 0 Å². The molecule has 0 amide bonds. The van der Waals surface area contributed by atoms with Crippen LogP contribution in [0.25, 0.3) is 0 Å². The summed E-state index contributed by atoms with van der Waals surface area (Å²) in [6, 6.07) is 4.37. The summed E-state index contributed by atoms with van der Waals surface area (Å²) in [5, 5.41) is 0.325. The van der Waals surface area contributed by atoms with Crippen molar-refractivity contribution >= 4 is 21.4 Å². The Labute approximate surface area is 93.9 Å². The van der Waals surface area contributed by atoms with E-state index in [2.05, 4.69) is 5.92 Å². The molecular formula is C10H9ClO3S. The monoisotopic (exact) mass is 244 g/mol. The molecule has 0 bridgehead atoms. The van der Waals surface area contributed by atoms with Crippen molar-refractivity contribution in [2.24, 2.45) is 0 Å². The number of methoxy groups -OCH3 is 1. The molecule has 80 valence electrons. The quantitative estimate of drug-likeness (QED) is 0.761. The molecule has 0 saturated carbocycles. The number of sulfone groups is 1. The van der Waals surface area contributed by atoms with E-state index < -0.39 is 9.84 Å². The van der Waals surface area contributed by atoms with Gasteiger partial charge < -0.3 is 4.74 Å². The van der Waals surface area contributed by atoms with Crippen molar-refractivity contribution in [2.75, 3.05) is 12.9 Å². The topological polar surface area (TPSA) is 43.4 Å². The first-order valence-corrected chi connectivity index (χ1v) is 6.04. The molecule has 0 spiro atoms. The third-order valence-corrected chi connectivity index (χ3v) is 3.51. The van der Waals surface area contributed by atoms with Gasteiger partial charge in [0, 0.05) is 5.02 Å². The third kappa shape index (κ3) is 2.65. The molecule has 1 aromatic rings. The van der Waals surface area contributed by atoms with Crippen LogP contribution in [0.3, 0.4) is 0 Å². The van der Waals surface area contributed by atoms with Crippen molar-refractivity contribution in [1.29, 1.82) is 0 Å². The van der Waals surface area contributed by atoms with Crippen LogP contribution in [0.15, 0.2) is 23.1 Å². The summed E-state index contributed by atoms with van der Waals surface area (Å²) in [5.41, 5.74) is 0. The summed E-state index contributed by atoms with van der Waals surface area (Å²) in [7, 11) is -2.13. The molecule has 0 aliphatic carbocycles. The Morgan fingerprint density at radius 2 is 2.20 bits per heavy atom. The summed E-state index contributed by atoms with van der Waals surface area (Å²) >= 11 is 5.71. The molecule has 0 atom stereocenters. The van der Waals surface area contributed by atoms with Crippen LogP contribution in [0, 0.1) is 12.3 Å². The number of terminal acetylenes is 1. The van der Waals surface area contributed by atoms with Crippen molar-refractivity contribution in [1.82, 2.24) is 0 Å². The van der Waals surface area contributed by atoms with Gasteiger partial charge in [-0.15, -0.1) is 6.42 Å². The highest BCUT2D eigenvalue weighted by Crippen LogP contribution is 2.27. The van der Waals surface area contributed by atoms with Crippen LogP contribution in [0.4, 0.5) is 0 Å². The van der Waals surface area contributed by atoms with Gasteiger partial charge in [-0.25, -0.2) is 8.42 Å². The van der Waals surface area contributed by atoms with Crippen LogP contribution in [0.1, 0.15) is 0 Å². The first kappa shape index (κ1) is 11.9.